The van der Waals surface area contributed by atoms with Crippen molar-refractivity contribution in [3.63, 3.8) is 0 Å². The van der Waals surface area contributed by atoms with Gasteiger partial charge in [0.15, 0.2) is 0 Å². The van der Waals surface area contributed by atoms with Gasteiger partial charge in [0.1, 0.15) is 4.34 Å². The van der Waals surface area contributed by atoms with E-state index >= 15 is 0 Å². The van der Waals surface area contributed by atoms with E-state index in [0.29, 0.717) is 0 Å². The fraction of sp³-hybridized carbons (Fsp3) is 0.769. The number of nitrogens with zero attached hydrogens (tertiary/aromatic N) is 1. The number of aromatic nitrogens is 1. The van der Waals surface area contributed by atoms with E-state index in [1.54, 1.807) is 11.3 Å². The first-order valence-corrected chi connectivity index (χ1v) is 8.37. The van der Waals surface area contributed by atoms with Crippen LogP contribution < -0.4 is 5.32 Å². The average Bonchev–Trinajstić information content (AvgIpc) is 2.78. The van der Waals surface area contributed by atoms with Crippen molar-refractivity contribution in [2.24, 2.45) is 0 Å². The van der Waals surface area contributed by atoms with Crippen molar-refractivity contribution in [1.29, 1.82) is 0 Å². The molecule has 0 aliphatic rings. The van der Waals surface area contributed by atoms with Crippen molar-refractivity contribution >= 4 is 23.1 Å². The Balaban J connectivity index is 2.22. The van der Waals surface area contributed by atoms with Crippen molar-refractivity contribution < 1.29 is 5.11 Å². The predicted molar refractivity (Wildman–Crippen MR) is 80.6 cm³/mol. The van der Waals surface area contributed by atoms with E-state index in [1.807, 2.05) is 18.7 Å². The Hall–Kier alpha value is -0.100. The molecule has 0 fully saturated rings. The lowest BCUT2D eigenvalue weighted by atomic mass is 9.97. The number of aliphatic hydroxyl groups is 1. The van der Waals surface area contributed by atoms with Gasteiger partial charge in [-0.25, -0.2) is 4.98 Å². The molecule has 0 radical (unpaired) electrons. The molecule has 1 aromatic heterocycles. The molecule has 1 rings (SSSR count). The molecule has 1 atom stereocenters. The molecular formula is C13H24N2OS2. The lowest BCUT2D eigenvalue weighted by molar-refractivity contribution is 0.165. The van der Waals surface area contributed by atoms with Crippen LogP contribution in [0.15, 0.2) is 9.72 Å². The van der Waals surface area contributed by atoms with Crippen LogP contribution in [0.1, 0.15) is 38.8 Å². The molecule has 1 heterocycles. The summed E-state index contributed by atoms with van der Waals surface area (Å²) in [5.74, 6) is 1.07. The van der Waals surface area contributed by atoms with E-state index in [4.69, 9.17) is 0 Å². The van der Waals surface area contributed by atoms with Gasteiger partial charge >= 0.3 is 0 Å². The maximum absolute atomic E-state index is 9.45. The Morgan fingerprint density at radius 1 is 1.56 bits per heavy atom. The Labute approximate surface area is 118 Å². The highest BCUT2D eigenvalue weighted by Crippen LogP contribution is 2.24. The Kier molecular flexibility index (Phi) is 7.22. The van der Waals surface area contributed by atoms with Crippen LogP contribution in [0.4, 0.5) is 0 Å². The quantitative estimate of drug-likeness (QED) is 0.541. The van der Waals surface area contributed by atoms with Gasteiger partial charge in [-0.15, -0.1) is 11.3 Å². The monoisotopic (exact) mass is 288 g/mol. The van der Waals surface area contributed by atoms with Gasteiger partial charge in [0, 0.05) is 22.4 Å². The van der Waals surface area contributed by atoms with Gasteiger partial charge in [0.05, 0.1) is 6.61 Å². The first kappa shape index (κ1) is 16.0. The third-order valence-electron chi connectivity index (χ3n) is 2.85. The fourth-order valence-electron chi connectivity index (χ4n) is 1.67. The van der Waals surface area contributed by atoms with Crippen molar-refractivity contribution in [3.05, 3.63) is 11.1 Å². The minimum absolute atomic E-state index is 0.130. The van der Waals surface area contributed by atoms with Gasteiger partial charge in [-0.2, -0.15) is 0 Å². The summed E-state index contributed by atoms with van der Waals surface area (Å²) >= 11 is 3.53. The van der Waals surface area contributed by atoms with Crippen molar-refractivity contribution in [1.82, 2.24) is 10.3 Å². The molecular weight excluding hydrogens is 264 g/mol. The molecule has 0 spiro atoms. The summed E-state index contributed by atoms with van der Waals surface area (Å²) in [6, 6.07) is 0. The maximum atomic E-state index is 9.45. The number of hydrogen-bond acceptors (Lipinski definition) is 5. The number of nitrogens with one attached hydrogen (secondary N) is 1. The number of rotatable bonds is 9. The van der Waals surface area contributed by atoms with Gasteiger partial charge in [0.2, 0.25) is 0 Å². The molecule has 0 amide bonds. The van der Waals surface area contributed by atoms with E-state index in [0.717, 1.165) is 41.6 Å². The smallest absolute Gasteiger partial charge is 0.150 e. The Morgan fingerprint density at radius 2 is 2.33 bits per heavy atom. The van der Waals surface area contributed by atoms with E-state index in [2.05, 4.69) is 29.5 Å². The molecule has 104 valence electrons. The number of hydrogen-bond donors (Lipinski definition) is 2. The van der Waals surface area contributed by atoms with Gasteiger partial charge in [0.25, 0.3) is 0 Å². The highest BCUT2D eigenvalue weighted by Gasteiger charge is 2.21. The number of aryl methyl sites for hydroxylation is 1. The molecule has 3 nitrogen and oxygen atoms in total. The van der Waals surface area contributed by atoms with Crippen LogP contribution in [0.3, 0.4) is 0 Å². The van der Waals surface area contributed by atoms with Gasteiger partial charge in [-0.3, -0.25) is 0 Å². The number of thiazole rings is 1. The lowest BCUT2D eigenvalue weighted by Gasteiger charge is -2.28. The average molecular weight is 288 g/mol. The zero-order valence-electron chi connectivity index (χ0n) is 11.5. The lowest BCUT2D eigenvalue weighted by Crippen LogP contribution is -2.46. The van der Waals surface area contributed by atoms with Crippen LogP contribution in [0.2, 0.25) is 0 Å². The summed E-state index contributed by atoms with van der Waals surface area (Å²) in [4.78, 5) is 4.43. The summed E-state index contributed by atoms with van der Waals surface area (Å²) in [6.45, 7) is 7.44. The Bertz CT molecular complexity index is 343. The summed E-state index contributed by atoms with van der Waals surface area (Å²) < 4.78 is 1.15. The SMILES string of the molecule is CCCNC(C)(CO)CCCSc1nc(C)cs1. The topological polar surface area (TPSA) is 45.1 Å². The highest BCUT2D eigenvalue weighted by molar-refractivity contribution is 8.00. The van der Waals surface area contributed by atoms with Crippen LogP contribution >= 0.6 is 23.1 Å². The first-order chi connectivity index (χ1) is 8.59. The van der Waals surface area contributed by atoms with E-state index in [-0.39, 0.29) is 12.1 Å². The van der Waals surface area contributed by atoms with E-state index < -0.39 is 0 Å². The molecule has 0 aliphatic carbocycles. The second-order valence-electron chi connectivity index (χ2n) is 4.85. The van der Waals surface area contributed by atoms with Crippen LogP contribution in [0.5, 0.6) is 0 Å². The maximum Gasteiger partial charge on any atom is 0.150 e. The number of aliphatic hydroxyl groups excluding tert-OH is 1. The van der Waals surface area contributed by atoms with Crippen molar-refractivity contribution in [2.75, 3.05) is 18.9 Å². The Morgan fingerprint density at radius 3 is 2.89 bits per heavy atom. The van der Waals surface area contributed by atoms with Gasteiger partial charge < -0.3 is 10.4 Å². The van der Waals surface area contributed by atoms with E-state index in [9.17, 15) is 5.11 Å². The van der Waals surface area contributed by atoms with E-state index in [1.165, 1.54) is 0 Å². The summed E-state index contributed by atoms with van der Waals surface area (Å²) in [6.07, 6.45) is 3.20. The normalized spacial score (nSPS) is 14.7. The minimum atomic E-state index is -0.130. The largest absolute Gasteiger partial charge is 0.394 e. The third-order valence-corrected chi connectivity index (χ3v) is 5.07. The molecule has 5 heteroatoms. The van der Waals surface area contributed by atoms with Crippen LogP contribution in [0, 0.1) is 6.92 Å². The molecule has 2 N–H and O–H groups in total. The van der Waals surface area contributed by atoms with Crippen LogP contribution in [0.25, 0.3) is 0 Å². The second-order valence-corrected chi connectivity index (χ2v) is 7.05. The van der Waals surface area contributed by atoms with Gasteiger partial charge in [-0.1, -0.05) is 18.7 Å². The third kappa shape index (κ3) is 5.69. The standard InChI is InChI=1S/C13H24N2OS2/c1-4-7-14-13(3,10-16)6-5-8-17-12-15-11(2)9-18-12/h9,14,16H,4-8,10H2,1-3H3. The molecule has 0 bridgehead atoms. The van der Waals surface area contributed by atoms with Crippen molar-refractivity contribution in [3.8, 4) is 0 Å². The zero-order chi connectivity index (χ0) is 13.4. The molecule has 18 heavy (non-hydrogen) atoms. The second kappa shape index (κ2) is 8.15. The molecule has 0 aromatic carbocycles. The molecule has 0 saturated carbocycles. The highest BCUT2D eigenvalue weighted by atomic mass is 32.2. The first-order valence-electron chi connectivity index (χ1n) is 6.50. The van der Waals surface area contributed by atoms with Crippen LogP contribution in [-0.2, 0) is 0 Å². The number of thioether (sulfide) groups is 1. The summed E-state index contributed by atoms with van der Waals surface area (Å²) in [7, 11) is 0. The van der Waals surface area contributed by atoms with Gasteiger partial charge in [-0.05, 0) is 39.7 Å². The summed E-state index contributed by atoms with van der Waals surface area (Å²) in [5, 5.41) is 15.0. The fourth-order valence-corrected chi connectivity index (χ4v) is 3.53. The molecule has 1 unspecified atom stereocenters. The minimum Gasteiger partial charge on any atom is -0.394 e. The summed E-state index contributed by atoms with van der Waals surface area (Å²) in [5.41, 5.74) is 0.974. The predicted octanol–water partition coefficient (Wildman–Crippen LogP) is 3.07. The zero-order valence-corrected chi connectivity index (χ0v) is 13.2. The van der Waals surface area contributed by atoms with Crippen LogP contribution in [-0.4, -0.2) is 34.5 Å². The molecule has 1 aromatic rings. The molecule has 0 saturated heterocycles. The van der Waals surface area contributed by atoms with Crippen molar-refractivity contribution in [2.45, 2.75) is 49.9 Å². The molecule has 0 aliphatic heterocycles.